The number of rotatable bonds is 3. The standard InChI is InChI=1S/C16H26O/c1-12-7-8-14(11-13(12)2)16(6,17)10-9-15(3,4)5/h7-8,11,17H,9-10H2,1-6H3. The second-order valence-corrected chi connectivity index (χ2v) is 6.63. The summed E-state index contributed by atoms with van der Waals surface area (Å²) in [5.74, 6) is 0. The Morgan fingerprint density at radius 1 is 0.941 bits per heavy atom. The Balaban J connectivity index is 2.85. The van der Waals surface area contributed by atoms with Gasteiger partial charge in [-0.3, -0.25) is 0 Å². The number of aryl methyl sites for hydroxylation is 2. The highest BCUT2D eigenvalue weighted by Gasteiger charge is 2.25. The average molecular weight is 234 g/mol. The Morgan fingerprint density at radius 3 is 2.00 bits per heavy atom. The molecular formula is C16H26O. The summed E-state index contributed by atoms with van der Waals surface area (Å²) in [6.07, 6.45) is 1.83. The van der Waals surface area contributed by atoms with Crippen molar-refractivity contribution in [3.8, 4) is 0 Å². The lowest BCUT2D eigenvalue weighted by Crippen LogP contribution is -2.23. The van der Waals surface area contributed by atoms with E-state index in [-0.39, 0.29) is 5.41 Å². The lowest BCUT2D eigenvalue weighted by atomic mass is 9.82. The maximum atomic E-state index is 10.6. The molecule has 1 nitrogen and oxygen atoms in total. The fourth-order valence-electron chi connectivity index (χ4n) is 1.84. The van der Waals surface area contributed by atoms with Gasteiger partial charge in [-0.25, -0.2) is 0 Å². The van der Waals surface area contributed by atoms with Gasteiger partial charge < -0.3 is 5.11 Å². The Hall–Kier alpha value is -0.820. The molecule has 17 heavy (non-hydrogen) atoms. The molecule has 1 heteroatoms. The summed E-state index contributed by atoms with van der Waals surface area (Å²) in [6, 6.07) is 6.25. The van der Waals surface area contributed by atoms with Crippen molar-refractivity contribution in [1.82, 2.24) is 0 Å². The smallest absolute Gasteiger partial charge is 0.0868 e. The third-order valence-electron chi connectivity index (χ3n) is 3.49. The summed E-state index contributed by atoms with van der Waals surface area (Å²) in [5, 5.41) is 10.6. The first-order valence-electron chi connectivity index (χ1n) is 6.42. The molecule has 0 heterocycles. The van der Waals surface area contributed by atoms with Crippen LogP contribution >= 0.6 is 0 Å². The van der Waals surface area contributed by atoms with Gasteiger partial charge in [0.1, 0.15) is 0 Å². The lowest BCUT2D eigenvalue weighted by molar-refractivity contribution is 0.0358. The van der Waals surface area contributed by atoms with Crippen molar-refractivity contribution in [3.63, 3.8) is 0 Å². The van der Waals surface area contributed by atoms with E-state index in [1.165, 1.54) is 11.1 Å². The molecule has 0 amide bonds. The van der Waals surface area contributed by atoms with Gasteiger partial charge in [0.15, 0.2) is 0 Å². The Kier molecular flexibility index (Phi) is 4.03. The van der Waals surface area contributed by atoms with E-state index >= 15 is 0 Å². The van der Waals surface area contributed by atoms with Gasteiger partial charge in [-0.15, -0.1) is 0 Å². The normalized spacial score (nSPS) is 15.7. The van der Waals surface area contributed by atoms with Crippen LogP contribution in [0.3, 0.4) is 0 Å². The van der Waals surface area contributed by atoms with Crippen molar-refractivity contribution >= 4 is 0 Å². The van der Waals surface area contributed by atoms with Crippen LogP contribution in [-0.2, 0) is 5.60 Å². The second-order valence-electron chi connectivity index (χ2n) is 6.63. The maximum Gasteiger partial charge on any atom is 0.0868 e. The molecule has 0 radical (unpaired) electrons. The Bertz CT molecular complexity index is 383. The second kappa shape index (κ2) is 4.81. The largest absolute Gasteiger partial charge is 0.385 e. The van der Waals surface area contributed by atoms with Gasteiger partial charge >= 0.3 is 0 Å². The van der Waals surface area contributed by atoms with Gasteiger partial charge in [0.05, 0.1) is 5.60 Å². The van der Waals surface area contributed by atoms with E-state index in [1.54, 1.807) is 0 Å². The van der Waals surface area contributed by atoms with Gasteiger partial charge in [0.25, 0.3) is 0 Å². The zero-order chi connectivity index (χ0) is 13.3. The minimum Gasteiger partial charge on any atom is -0.385 e. The molecule has 0 saturated heterocycles. The fraction of sp³-hybridized carbons (Fsp3) is 0.625. The van der Waals surface area contributed by atoms with Gasteiger partial charge in [0, 0.05) is 0 Å². The van der Waals surface area contributed by atoms with Crippen molar-refractivity contribution in [2.75, 3.05) is 0 Å². The molecule has 0 aliphatic rings. The van der Waals surface area contributed by atoms with E-state index < -0.39 is 5.60 Å². The number of hydrogen-bond donors (Lipinski definition) is 1. The van der Waals surface area contributed by atoms with Crippen molar-refractivity contribution in [3.05, 3.63) is 34.9 Å². The number of benzene rings is 1. The van der Waals surface area contributed by atoms with Crippen LogP contribution in [-0.4, -0.2) is 5.11 Å². The monoisotopic (exact) mass is 234 g/mol. The maximum absolute atomic E-state index is 10.6. The molecule has 0 fully saturated rings. The van der Waals surface area contributed by atoms with Gasteiger partial charge in [-0.05, 0) is 55.7 Å². The lowest BCUT2D eigenvalue weighted by Gasteiger charge is -2.28. The predicted octanol–water partition coefficient (Wildman–Crippen LogP) is 4.34. The molecule has 0 saturated carbocycles. The van der Waals surface area contributed by atoms with Crippen LogP contribution in [0.1, 0.15) is 57.2 Å². The highest BCUT2D eigenvalue weighted by Crippen LogP contribution is 2.32. The van der Waals surface area contributed by atoms with E-state index in [9.17, 15) is 5.11 Å². The average Bonchev–Trinajstić information content (AvgIpc) is 2.18. The molecule has 96 valence electrons. The first-order chi connectivity index (χ1) is 7.62. The van der Waals surface area contributed by atoms with Crippen molar-refractivity contribution in [1.29, 1.82) is 0 Å². The molecule has 1 aromatic carbocycles. The van der Waals surface area contributed by atoms with E-state index in [0.29, 0.717) is 0 Å². The highest BCUT2D eigenvalue weighted by atomic mass is 16.3. The summed E-state index contributed by atoms with van der Waals surface area (Å²) >= 11 is 0. The summed E-state index contributed by atoms with van der Waals surface area (Å²) in [6.45, 7) is 12.8. The minimum atomic E-state index is -0.717. The van der Waals surface area contributed by atoms with E-state index in [0.717, 1.165) is 18.4 Å². The van der Waals surface area contributed by atoms with Crippen molar-refractivity contribution in [2.45, 2.75) is 60.0 Å². The van der Waals surface area contributed by atoms with Crippen LogP contribution in [0, 0.1) is 19.3 Å². The third-order valence-corrected chi connectivity index (χ3v) is 3.49. The molecule has 1 aromatic rings. The van der Waals surface area contributed by atoms with Gasteiger partial charge in [0.2, 0.25) is 0 Å². The van der Waals surface area contributed by atoms with Crippen molar-refractivity contribution < 1.29 is 5.11 Å². The van der Waals surface area contributed by atoms with Crippen LogP contribution in [0.15, 0.2) is 18.2 Å². The molecule has 0 aliphatic carbocycles. The topological polar surface area (TPSA) is 20.2 Å². The molecule has 0 bridgehead atoms. The van der Waals surface area contributed by atoms with Crippen LogP contribution in [0.4, 0.5) is 0 Å². The molecule has 0 aromatic heterocycles. The van der Waals surface area contributed by atoms with E-state index in [2.05, 4.69) is 46.8 Å². The van der Waals surface area contributed by atoms with E-state index in [4.69, 9.17) is 0 Å². The minimum absolute atomic E-state index is 0.268. The molecule has 1 unspecified atom stereocenters. The van der Waals surface area contributed by atoms with E-state index in [1.807, 2.05) is 13.0 Å². The molecular weight excluding hydrogens is 208 g/mol. The Labute approximate surface area is 106 Å². The molecule has 0 aliphatic heterocycles. The van der Waals surface area contributed by atoms with Crippen molar-refractivity contribution in [2.24, 2.45) is 5.41 Å². The summed E-state index contributed by atoms with van der Waals surface area (Å²) < 4.78 is 0. The van der Waals surface area contributed by atoms with Gasteiger partial charge in [-0.2, -0.15) is 0 Å². The first-order valence-corrected chi connectivity index (χ1v) is 6.42. The summed E-state index contributed by atoms with van der Waals surface area (Å²) in [4.78, 5) is 0. The fourth-order valence-corrected chi connectivity index (χ4v) is 1.84. The zero-order valence-electron chi connectivity index (χ0n) is 12.1. The molecule has 1 rings (SSSR count). The predicted molar refractivity (Wildman–Crippen MR) is 74.2 cm³/mol. The van der Waals surface area contributed by atoms with Crippen LogP contribution in [0.2, 0.25) is 0 Å². The Morgan fingerprint density at radius 2 is 1.53 bits per heavy atom. The summed E-state index contributed by atoms with van der Waals surface area (Å²) in [7, 11) is 0. The molecule has 0 spiro atoms. The van der Waals surface area contributed by atoms with Crippen LogP contribution in [0.25, 0.3) is 0 Å². The van der Waals surface area contributed by atoms with Crippen LogP contribution in [0.5, 0.6) is 0 Å². The number of hydrogen-bond acceptors (Lipinski definition) is 1. The summed E-state index contributed by atoms with van der Waals surface area (Å²) in [5.41, 5.74) is 3.11. The quantitative estimate of drug-likeness (QED) is 0.825. The first kappa shape index (κ1) is 14.2. The molecule has 1 atom stereocenters. The van der Waals surface area contributed by atoms with Gasteiger partial charge in [-0.1, -0.05) is 39.0 Å². The highest BCUT2D eigenvalue weighted by molar-refractivity contribution is 5.32. The van der Waals surface area contributed by atoms with Crippen LogP contribution < -0.4 is 0 Å². The third kappa shape index (κ3) is 4.16. The number of aliphatic hydroxyl groups is 1. The SMILES string of the molecule is Cc1ccc(C(C)(O)CCC(C)(C)C)cc1C. The molecule has 1 N–H and O–H groups in total. The zero-order valence-corrected chi connectivity index (χ0v) is 12.1.